The van der Waals surface area contributed by atoms with Crippen LogP contribution in [-0.2, 0) is 48.1 Å². The fourth-order valence-electron chi connectivity index (χ4n) is 10.1. The number of likely N-dealkylation sites (N-methyl/N-ethyl adjacent to an activating group) is 1. The van der Waals surface area contributed by atoms with E-state index in [0.717, 1.165) is 33.4 Å². The minimum absolute atomic E-state index is 0.0260. The van der Waals surface area contributed by atoms with Gasteiger partial charge in [-0.15, -0.1) is 0 Å². The van der Waals surface area contributed by atoms with E-state index < -0.39 is 47.2 Å². The number of esters is 1. The van der Waals surface area contributed by atoms with Crippen LogP contribution in [0.5, 0.6) is 5.75 Å². The first kappa shape index (κ1) is 47.7. The highest BCUT2D eigenvalue weighted by molar-refractivity contribution is 5.96. The maximum atomic E-state index is 14.7. The van der Waals surface area contributed by atoms with E-state index in [0.29, 0.717) is 49.9 Å². The first-order valence-corrected chi connectivity index (χ1v) is 23.2. The molecule has 4 aromatic rings. The maximum absolute atomic E-state index is 14.7. The number of ether oxygens (including phenoxy) is 1. The average molecular weight is 904 g/mol. The lowest BCUT2D eigenvalue weighted by Gasteiger charge is -2.37. The summed E-state index contributed by atoms with van der Waals surface area (Å²) in [6.07, 6.45) is 3.06. The number of likely N-dealkylation sites (tertiary alicyclic amines) is 1. The molecule has 4 atom stereocenters. The molecule has 3 N–H and O–H groups in total. The number of fused-ring (bicyclic) bond motifs is 6. The normalized spacial score (nSPS) is 20.5. The molecule has 0 aliphatic carbocycles. The molecule has 2 fully saturated rings. The lowest BCUT2D eigenvalue weighted by molar-refractivity contribution is -0.155. The molecule has 0 radical (unpaired) electrons. The van der Waals surface area contributed by atoms with Crippen molar-refractivity contribution in [3.63, 3.8) is 0 Å². The Kier molecular flexibility index (Phi) is 14.0. The van der Waals surface area contributed by atoms with Crippen LogP contribution in [0.25, 0.3) is 33.4 Å². The van der Waals surface area contributed by atoms with Crippen LogP contribution in [0, 0.1) is 17.3 Å². The lowest BCUT2D eigenvalue weighted by Crippen LogP contribution is -2.62. The number of pyridine rings is 1. The number of phenolic OH excluding ortho intramolecular Hbond substituents is 1. The number of benzene rings is 2. The third kappa shape index (κ3) is 9.67. The van der Waals surface area contributed by atoms with Crippen molar-refractivity contribution in [2.45, 2.75) is 111 Å². The minimum Gasteiger partial charge on any atom is -0.508 e. The Balaban J connectivity index is 1.32. The van der Waals surface area contributed by atoms with Gasteiger partial charge in [-0.25, -0.2) is 5.43 Å². The molecule has 15 nitrogen and oxygen atoms in total. The summed E-state index contributed by atoms with van der Waals surface area (Å²) in [6, 6.07) is 13.5. The van der Waals surface area contributed by atoms with Gasteiger partial charge < -0.3 is 34.1 Å². The second kappa shape index (κ2) is 19.3. The fourth-order valence-corrected chi connectivity index (χ4v) is 10.1. The Morgan fingerprint density at radius 2 is 1.77 bits per heavy atom. The smallest absolute Gasteiger partial charge is 0.324 e. The summed E-state index contributed by atoms with van der Waals surface area (Å²) in [5.74, 6) is -2.95. The number of aromatic hydroxyl groups is 1. The highest BCUT2D eigenvalue weighted by atomic mass is 16.5. The van der Waals surface area contributed by atoms with E-state index >= 15 is 0 Å². The van der Waals surface area contributed by atoms with Crippen molar-refractivity contribution < 1.29 is 33.8 Å². The van der Waals surface area contributed by atoms with Crippen molar-refractivity contribution in [2.24, 2.45) is 17.3 Å². The number of amides is 4. The second-order valence-corrected chi connectivity index (χ2v) is 19.5. The molecule has 2 saturated heterocycles. The Labute approximate surface area is 386 Å². The molecular weight excluding hydrogens is 839 g/mol. The van der Waals surface area contributed by atoms with Gasteiger partial charge in [0.1, 0.15) is 23.9 Å². The predicted octanol–water partition coefficient (Wildman–Crippen LogP) is 5.61. The average Bonchev–Trinajstić information content (AvgIpc) is 3.89. The summed E-state index contributed by atoms with van der Waals surface area (Å²) in [4.78, 5) is 85.8. The zero-order valence-corrected chi connectivity index (χ0v) is 39.6. The van der Waals surface area contributed by atoms with E-state index in [-0.39, 0.29) is 61.2 Å². The van der Waals surface area contributed by atoms with Gasteiger partial charge in [0.05, 0.1) is 23.9 Å². The molecule has 66 heavy (non-hydrogen) atoms. The van der Waals surface area contributed by atoms with Gasteiger partial charge in [0.2, 0.25) is 17.7 Å². The van der Waals surface area contributed by atoms with Crippen molar-refractivity contribution in [3.05, 3.63) is 88.7 Å². The number of rotatable bonds is 9. The van der Waals surface area contributed by atoms with Crippen LogP contribution in [0.2, 0.25) is 0 Å². The van der Waals surface area contributed by atoms with Crippen LogP contribution in [0.4, 0.5) is 0 Å². The number of phenols is 1. The van der Waals surface area contributed by atoms with Gasteiger partial charge in [-0.3, -0.25) is 33.8 Å². The summed E-state index contributed by atoms with van der Waals surface area (Å²) < 4.78 is 10.1. The van der Waals surface area contributed by atoms with Gasteiger partial charge >= 0.3 is 5.97 Å². The molecule has 2 aromatic carbocycles. The number of hydrogen-bond acceptors (Lipinski definition) is 9. The Morgan fingerprint density at radius 1 is 1.02 bits per heavy atom. The summed E-state index contributed by atoms with van der Waals surface area (Å²) in [5.41, 5.74) is 8.11. The van der Waals surface area contributed by atoms with Crippen LogP contribution in [0.15, 0.2) is 72.0 Å². The van der Waals surface area contributed by atoms with Crippen LogP contribution in [-0.4, -0.2) is 110 Å². The number of nitrogens with zero attached hydrogens (tertiary/aromatic N) is 5. The van der Waals surface area contributed by atoms with E-state index in [4.69, 9.17) is 4.74 Å². The number of nitrogens with one attached hydrogen (secondary N) is 2. The number of aryl methyl sites for hydroxylation is 1. The van der Waals surface area contributed by atoms with Gasteiger partial charge in [0.25, 0.3) is 11.5 Å². The highest BCUT2D eigenvalue weighted by Gasteiger charge is 2.40. The van der Waals surface area contributed by atoms with Crippen molar-refractivity contribution >= 4 is 40.5 Å². The van der Waals surface area contributed by atoms with Crippen molar-refractivity contribution in [2.75, 3.05) is 33.3 Å². The number of hydrazine groups is 1. The summed E-state index contributed by atoms with van der Waals surface area (Å²) in [5, 5.41) is 16.6. The van der Waals surface area contributed by atoms with Gasteiger partial charge in [-0.05, 0) is 111 Å². The monoisotopic (exact) mass is 903 g/mol. The van der Waals surface area contributed by atoms with E-state index in [2.05, 4.69) is 34.9 Å². The standard InChI is InChI=1S/C51H65N7O8/c1-10-43(60)55-21-19-34(28-55)48(63)54(9)45(30(3)4)47(62)52-40-24-32-22-35(25-36(59)23-32)33-17-18-41-37(26-33)38(46(56(41)11-2)42-15-12-16-44(61)58(42)31(5)6)27-51(7,8)29-66-50(65)39-14-13-20-57(53-39)49(40)64/h10,12,15-18,22-23,25-26,30-31,34,39-40,45,53,59H,1,11,13-14,19-21,24,27-29H2,2-9H3,(H,52,62)/t34-,39-,40-,45?/m0/s1. The quantitative estimate of drug-likeness (QED) is 0.143. The van der Waals surface area contributed by atoms with Gasteiger partial charge in [-0.2, -0.15) is 0 Å². The van der Waals surface area contributed by atoms with Gasteiger partial charge in [0.15, 0.2) is 0 Å². The molecule has 1 unspecified atom stereocenters. The second-order valence-electron chi connectivity index (χ2n) is 19.5. The fraction of sp³-hybridized carbons (Fsp3) is 0.490. The molecule has 3 aliphatic heterocycles. The summed E-state index contributed by atoms with van der Waals surface area (Å²) in [7, 11) is 1.57. The molecule has 0 saturated carbocycles. The zero-order chi connectivity index (χ0) is 47.8. The number of cyclic esters (lactones) is 1. The number of hydrogen-bond donors (Lipinski definition) is 3. The Hall–Kier alpha value is -6.22. The molecule has 4 amide bonds. The predicted molar refractivity (Wildman–Crippen MR) is 253 cm³/mol. The molecule has 3 aliphatic rings. The number of aromatic nitrogens is 2. The molecule has 7 rings (SSSR count). The first-order valence-electron chi connectivity index (χ1n) is 23.2. The number of carbonyl (C=O) groups is 5. The zero-order valence-electron chi connectivity index (χ0n) is 39.6. The molecule has 15 heteroatoms. The minimum atomic E-state index is -1.18. The lowest BCUT2D eigenvalue weighted by atomic mass is 9.84. The summed E-state index contributed by atoms with van der Waals surface area (Å²) >= 11 is 0. The van der Waals surface area contributed by atoms with Gasteiger partial charge in [-0.1, -0.05) is 52.5 Å². The Morgan fingerprint density at radius 3 is 2.47 bits per heavy atom. The van der Waals surface area contributed by atoms with Crippen molar-refractivity contribution in [1.29, 1.82) is 0 Å². The van der Waals surface area contributed by atoms with Crippen LogP contribution in [0.3, 0.4) is 0 Å². The third-order valence-corrected chi connectivity index (χ3v) is 13.3. The molecule has 2 aromatic heterocycles. The molecule has 0 spiro atoms. The maximum Gasteiger partial charge on any atom is 0.324 e. The Bertz CT molecular complexity index is 2610. The highest BCUT2D eigenvalue weighted by Crippen LogP contribution is 2.41. The van der Waals surface area contributed by atoms with E-state index in [1.165, 1.54) is 16.0 Å². The topological polar surface area (TPSA) is 176 Å². The van der Waals surface area contributed by atoms with Gasteiger partial charge in [0, 0.05) is 68.1 Å². The van der Waals surface area contributed by atoms with Crippen LogP contribution in [0.1, 0.15) is 84.9 Å². The summed E-state index contributed by atoms with van der Waals surface area (Å²) in [6.45, 7) is 18.9. The van der Waals surface area contributed by atoms with Crippen molar-refractivity contribution in [1.82, 2.24) is 34.7 Å². The molecule has 6 bridgehead atoms. The molecule has 5 heterocycles. The van der Waals surface area contributed by atoms with Crippen molar-refractivity contribution in [3.8, 4) is 28.3 Å². The molecular formula is C51H65N7O8. The number of carbonyl (C=O) groups excluding carboxylic acids is 5. The van der Waals surface area contributed by atoms with Crippen LogP contribution >= 0.6 is 0 Å². The molecule has 352 valence electrons. The third-order valence-electron chi connectivity index (χ3n) is 13.3. The first-order chi connectivity index (χ1) is 31.3. The van der Waals surface area contributed by atoms with E-state index in [1.807, 2.05) is 70.4 Å². The van der Waals surface area contributed by atoms with E-state index in [9.17, 15) is 33.9 Å². The largest absolute Gasteiger partial charge is 0.508 e. The van der Waals surface area contributed by atoms with Crippen LogP contribution < -0.4 is 16.3 Å². The van der Waals surface area contributed by atoms with E-state index in [1.54, 1.807) is 36.2 Å². The SMILES string of the molecule is C=CC(=O)N1CC[C@H](C(=O)N(C)C(C(=O)N[C@H]2Cc3cc(O)cc(c3)-c3ccc4c(c3)c(c(-c3cccc(=O)n3C(C)C)n4CC)CC(C)(C)COC(=O)[C@@H]3CCCN(N3)C2=O)C(C)C)C1.